The van der Waals surface area contributed by atoms with Gasteiger partial charge in [0.25, 0.3) is 0 Å². The molecule has 0 saturated heterocycles. The number of halogens is 1. The number of hydrogen-bond donors (Lipinski definition) is 3. The van der Waals surface area contributed by atoms with Crippen LogP contribution in [0.4, 0.5) is 0 Å². The molecule has 0 unspecified atom stereocenters. The van der Waals surface area contributed by atoms with E-state index < -0.39 is 0 Å². The summed E-state index contributed by atoms with van der Waals surface area (Å²) in [5.41, 5.74) is 1.17. The lowest BCUT2D eigenvalue weighted by Gasteiger charge is -2.12. The third-order valence-corrected chi connectivity index (χ3v) is 3.93. The number of hydrogen-bond acceptors (Lipinski definition) is 3. The van der Waals surface area contributed by atoms with Crippen molar-refractivity contribution < 1.29 is 9.53 Å². The summed E-state index contributed by atoms with van der Waals surface area (Å²) in [6.07, 6.45) is 2.89. The number of para-hydroxylation sites is 1. The Balaban J connectivity index is 0.00000338. The van der Waals surface area contributed by atoms with Gasteiger partial charge in [-0.25, -0.2) is 0 Å². The van der Waals surface area contributed by atoms with Crippen LogP contribution in [0.5, 0.6) is 5.75 Å². The average Bonchev–Trinajstić information content (AvgIpc) is 3.45. The van der Waals surface area contributed by atoms with E-state index >= 15 is 0 Å². The number of guanidine groups is 1. The van der Waals surface area contributed by atoms with E-state index in [9.17, 15) is 4.79 Å². The van der Waals surface area contributed by atoms with Crippen LogP contribution in [0.25, 0.3) is 0 Å². The molecular formula is C19H31IN4O2. The van der Waals surface area contributed by atoms with E-state index in [-0.39, 0.29) is 35.8 Å². The van der Waals surface area contributed by atoms with Crippen molar-refractivity contribution in [2.24, 2.45) is 10.9 Å². The van der Waals surface area contributed by atoms with E-state index in [2.05, 4.69) is 27.0 Å². The van der Waals surface area contributed by atoms with Crippen molar-refractivity contribution in [3.8, 4) is 5.75 Å². The lowest BCUT2D eigenvalue weighted by atomic mass is 10.1. The predicted molar refractivity (Wildman–Crippen MR) is 116 cm³/mol. The Morgan fingerprint density at radius 1 is 1.15 bits per heavy atom. The molecule has 1 fully saturated rings. The zero-order valence-electron chi connectivity index (χ0n) is 15.7. The molecule has 146 valence electrons. The van der Waals surface area contributed by atoms with Gasteiger partial charge in [-0.3, -0.25) is 9.79 Å². The Hall–Kier alpha value is -1.51. The fourth-order valence-corrected chi connectivity index (χ4v) is 2.49. The number of carbonyl (C=O) groups is 1. The monoisotopic (exact) mass is 474 g/mol. The molecule has 2 rings (SSSR count). The van der Waals surface area contributed by atoms with Gasteiger partial charge in [-0.05, 0) is 44.7 Å². The first kappa shape index (κ1) is 22.5. The van der Waals surface area contributed by atoms with Crippen molar-refractivity contribution in [2.45, 2.75) is 33.1 Å². The third-order valence-electron chi connectivity index (χ3n) is 3.93. The van der Waals surface area contributed by atoms with E-state index in [1.807, 2.05) is 32.0 Å². The van der Waals surface area contributed by atoms with E-state index in [1.54, 1.807) is 0 Å². The number of carbonyl (C=O) groups excluding carboxylic acids is 1. The number of ether oxygens (including phenoxy) is 1. The van der Waals surface area contributed by atoms with Crippen LogP contribution < -0.4 is 20.7 Å². The highest BCUT2D eigenvalue weighted by Crippen LogP contribution is 2.28. The second-order valence-corrected chi connectivity index (χ2v) is 6.04. The first-order valence-corrected chi connectivity index (χ1v) is 9.25. The van der Waals surface area contributed by atoms with Crippen LogP contribution >= 0.6 is 24.0 Å². The lowest BCUT2D eigenvalue weighted by molar-refractivity contribution is -0.122. The van der Waals surface area contributed by atoms with Gasteiger partial charge in [0.2, 0.25) is 5.91 Å². The molecule has 26 heavy (non-hydrogen) atoms. The molecule has 1 aromatic carbocycles. The van der Waals surface area contributed by atoms with Gasteiger partial charge in [0, 0.05) is 32.1 Å². The maximum atomic E-state index is 11.6. The van der Waals surface area contributed by atoms with Crippen LogP contribution in [0.3, 0.4) is 0 Å². The molecule has 0 bridgehead atoms. The first-order valence-electron chi connectivity index (χ1n) is 9.25. The van der Waals surface area contributed by atoms with Gasteiger partial charge in [0.05, 0.1) is 6.61 Å². The average molecular weight is 474 g/mol. The van der Waals surface area contributed by atoms with Crippen molar-refractivity contribution in [3.63, 3.8) is 0 Å². The molecule has 1 aliphatic carbocycles. The lowest BCUT2D eigenvalue weighted by Crippen LogP contribution is -2.41. The highest BCUT2D eigenvalue weighted by Gasteiger charge is 2.28. The van der Waals surface area contributed by atoms with Gasteiger partial charge in [-0.1, -0.05) is 18.2 Å². The zero-order chi connectivity index (χ0) is 17.9. The van der Waals surface area contributed by atoms with Crippen molar-refractivity contribution in [1.82, 2.24) is 16.0 Å². The molecule has 3 N–H and O–H groups in total. The molecule has 0 atom stereocenters. The largest absolute Gasteiger partial charge is 0.494 e. The quantitative estimate of drug-likeness (QED) is 0.211. The minimum Gasteiger partial charge on any atom is -0.494 e. The summed E-state index contributed by atoms with van der Waals surface area (Å²) < 4.78 is 5.65. The second kappa shape index (κ2) is 12.8. The Kier molecular flexibility index (Phi) is 11.1. The molecule has 0 aromatic heterocycles. The molecule has 0 radical (unpaired) electrons. The van der Waals surface area contributed by atoms with Crippen LogP contribution in [-0.4, -0.2) is 44.7 Å². The van der Waals surface area contributed by atoms with Crippen LogP contribution in [0.2, 0.25) is 0 Å². The fraction of sp³-hybridized carbons (Fsp3) is 0.579. The molecule has 7 heteroatoms. The zero-order valence-corrected chi connectivity index (χ0v) is 18.0. The molecule has 1 amide bonds. The Morgan fingerprint density at radius 3 is 2.58 bits per heavy atom. The molecule has 0 spiro atoms. The van der Waals surface area contributed by atoms with E-state index in [0.717, 1.165) is 37.5 Å². The number of nitrogens with one attached hydrogen (secondary N) is 3. The van der Waals surface area contributed by atoms with Crippen LogP contribution in [-0.2, 0) is 11.2 Å². The predicted octanol–water partition coefficient (Wildman–Crippen LogP) is 2.33. The van der Waals surface area contributed by atoms with Crippen molar-refractivity contribution in [1.29, 1.82) is 0 Å². The van der Waals surface area contributed by atoms with Crippen LogP contribution in [0.1, 0.15) is 32.3 Å². The summed E-state index contributed by atoms with van der Waals surface area (Å²) in [6.45, 7) is 7.45. The van der Waals surface area contributed by atoms with E-state index in [4.69, 9.17) is 4.74 Å². The molecule has 0 aliphatic heterocycles. The van der Waals surface area contributed by atoms with Gasteiger partial charge in [0.1, 0.15) is 5.75 Å². The summed E-state index contributed by atoms with van der Waals surface area (Å²) in [5.74, 6) is 2.14. The topological polar surface area (TPSA) is 74.8 Å². The van der Waals surface area contributed by atoms with Crippen molar-refractivity contribution in [3.05, 3.63) is 29.8 Å². The minimum absolute atomic E-state index is 0. The summed E-state index contributed by atoms with van der Waals surface area (Å²) >= 11 is 0. The smallest absolute Gasteiger partial charge is 0.223 e. The molecule has 0 heterocycles. The number of nitrogens with zero attached hydrogens (tertiary/aromatic N) is 1. The first-order chi connectivity index (χ1) is 12.2. The number of aliphatic imine (C=N–C) groups is 1. The normalized spacial score (nSPS) is 13.5. The molecule has 1 aliphatic rings. The highest BCUT2D eigenvalue weighted by atomic mass is 127. The molecular weight excluding hydrogens is 443 g/mol. The maximum Gasteiger partial charge on any atom is 0.223 e. The highest BCUT2D eigenvalue weighted by molar-refractivity contribution is 14.0. The SMILES string of the molecule is CCNC(=NCCc1ccccc1OCC)NCCNC(=O)C1CC1.I. The van der Waals surface area contributed by atoms with Gasteiger partial charge in [0.15, 0.2) is 5.96 Å². The Morgan fingerprint density at radius 2 is 1.88 bits per heavy atom. The van der Waals surface area contributed by atoms with Gasteiger partial charge in [-0.2, -0.15) is 0 Å². The summed E-state index contributed by atoms with van der Waals surface area (Å²) in [5, 5.41) is 9.43. The van der Waals surface area contributed by atoms with Gasteiger partial charge in [-0.15, -0.1) is 24.0 Å². The molecule has 1 saturated carbocycles. The minimum atomic E-state index is 0. The Bertz CT molecular complexity index is 576. The molecule has 1 aromatic rings. The fourth-order valence-electron chi connectivity index (χ4n) is 2.49. The standard InChI is InChI=1S/C19H30N4O2.HI/c1-3-20-19(23-14-13-21-18(24)16-9-10-16)22-12-11-15-7-5-6-8-17(15)25-4-2;/h5-8,16H,3-4,9-14H2,1-2H3,(H,21,24)(H2,20,22,23);1H. The number of rotatable bonds is 10. The summed E-state index contributed by atoms with van der Waals surface area (Å²) in [4.78, 5) is 16.2. The van der Waals surface area contributed by atoms with Crippen LogP contribution in [0, 0.1) is 5.92 Å². The summed E-state index contributed by atoms with van der Waals surface area (Å²) in [6, 6.07) is 8.08. The van der Waals surface area contributed by atoms with Crippen molar-refractivity contribution in [2.75, 3.05) is 32.8 Å². The maximum absolute atomic E-state index is 11.6. The van der Waals surface area contributed by atoms with E-state index in [0.29, 0.717) is 26.2 Å². The number of amides is 1. The Labute approximate surface area is 173 Å². The van der Waals surface area contributed by atoms with Crippen molar-refractivity contribution >= 4 is 35.8 Å². The second-order valence-electron chi connectivity index (χ2n) is 6.04. The van der Waals surface area contributed by atoms with Gasteiger partial charge < -0.3 is 20.7 Å². The third kappa shape index (κ3) is 8.25. The summed E-state index contributed by atoms with van der Waals surface area (Å²) in [7, 11) is 0. The number of benzene rings is 1. The van der Waals surface area contributed by atoms with Crippen LogP contribution in [0.15, 0.2) is 29.3 Å². The van der Waals surface area contributed by atoms with E-state index in [1.165, 1.54) is 5.56 Å². The molecule has 6 nitrogen and oxygen atoms in total. The van der Waals surface area contributed by atoms with Gasteiger partial charge >= 0.3 is 0 Å².